The fraction of sp³-hybridized carbons (Fsp3) is 0.467. The number of aliphatic hydroxyl groups excluding tert-OH is 1. The summed E-state index contributed by atoms with van der Waals surface area (Å²) < 4.78 is 21.7. The van der Waals surface area contributed by atoms with E-state index in [4.69, 9.17) is 18.9 Å². The van der Waals surface area contributed by atoms with Crippen molar-refractivity contribution in [3.63, 3.8) is 0 Å². The first kappa shape index (κ1) is 27.8. The highest BCUT2D eigenvalue weighted by atomic mass is 16.5. The lowest BCUT2D eigenvalue weighted by Gasteiger charge is -2.41. The zero-order chi connectivity index (χ0) is 28.4. The minimum Gasteiger partial charge on any atom is -0.497 e. The third kappa shape index (κ3) is 4.97. The topological polar surface area (TPSA) is 110 Å². The second kappa shape index (κ2) is 11.8. The van der Waals surface area contributed by atoms with Crippen LogP contribution in [0.4, 0.5) is 5.69 Å². The molecular weight excluding hydrogens is 514 g/mol. The van der Waals surface area contributed by atoms with Crippen molar-refractivity contribution < 1.29 is 33.6 Å². The molecule has 2 aromatic carbocycles. The molecule has 0 bridgehead atoms. The number of hydrogen-bond donors (Lipinski definition) is 2. The number of hydrogen-bond acceptors (Lipinski definition) is 9. The van der Waals surface area contributed by atoms with Crippen LogP contribution in [0.15, 0.2) is 48.6 Å². The highest BCUT2D eigenvalue weighted by molar-refractivity contribution is 6.08. The highest BCUT2D eigenvalue weighted by Gasteiger charge is 2.55. The molecule has 2 N–H and O–H groups in total. The largest absolute Gasteiger partial charge is 0.497 e. The predicted molar refractivity (Wildman–Crippen MR) is 148 cm³/mol. The van der Waals surface area contributed by atoms with Crippen molar-refractivity contribution in [2.24, 2.45) is 5.92 Å². The number of likely N-dealkylation sites (tertiary alicyclic amines) is 1. The molecule has 4 unspecified atom stereocenters. The molecule has 0 aromatic heterocycles. The van der Waals surface area contributed by atoms with Gasteiger partial charge in [-0.25, -0.2) is 5.01 Å². The van der Waals surface area contributed by atoms with Crippen molar-refractivity contribution in [1.82, 2.24) is 9.91 Å². The summed E-state index contributed by atoms with van der Waals surface area (Å²) in [5, 5.41) is 13.5. The first-order valence-electron chi connectivity index (χ1n) is 13.6. The molecule has 1 saturated heterocycles. The summed E-state index contributed by atoms with van der Waals surface area (Å²) >= 11 is 0. The van der Waals surface area contributed by atoms with Gasteiger partial charge in [-0.15, -0.1) is 0 Å². The number of methoxy groups -OCH3 is 4. The monoisotopic (exact) mass is 551 g/mol. The van der Waals surface area contributed by atoms with Gasteiger partial charge in [-0.3, -0.25) is 14.5 Å². The van der Waals surface area contributed by atoms with E-state index in [-0.39, 0.29) is 17.9 Å². The van der Waals surface area contributed by atoms with Gasteiger partial charge >= 0.3 is 0 Å². The Bertz CT molecular complexity index is 1230. The summed E-state index contributed by atoms with van der Waals surface area (Å²) in [6.07, 6.45) is 7.23. The van der Waals surface area contributed by atoms with E-state index >= 15 is 0 Å². The molecule has 10 heteroatoms. The Balaban J connectivity index is 1.53. The van der Waals surface area contributed by atoms with Crippen molar-refractivity contribution in [2.45, 2.75) is 56.3 Å². The maximum atomic E-state index is 14.0. The van der Waals surface area contributed by atoms with E-state index < -0.39 is 24.1 Å². The van der Waals surface area contributed by atoms with Crippen molar-refractivity contribution in [2.75, 3.05) is 33.9 Å². The molecular formula is C30H37N3O7. The van der Waals surface area contributed by atoms with E-state index in [9.17, 15) is 14.7 Å². The van der Waals surface area contributed by atoms with Crippen LogP contribution in [0.2, 0.25) is 0 Å². The van der Waals surface area contributed by atoms with Crippen LogP contribution in [0.25, 0.3) is 0 Å². The number of nitrogens with one attached hydrogen (secondary N) is 1. The van der Waals surface area contributed by atoms with Gasteiger partial charge in [-0.1, -0.05) is 31.4 Å². The van der Waals surface area contributed by atoms with Crippen LogP contribution >= 0.6 is 0 Å². The van der Waals surface area contributed by atoms with E-state index in [1.807, 2.05) is 12.1 Å². The molecule has 1 aliphatic carbocycles. The fourth-order valence-corrected chi connectivity index (χ4v) is 6.08. The molecule has 5 rings (SSSR count). The number of rotatable bonds is 9. The van der Waals surface area contributed by atoms with Crippen LogP contribution in [0.3, 0.4) is 0 Å². The number of ether oxygens (including phenoxy) is 4. The maximum Gasteiger partial charge on any atom is 0.249 e. The Labute approximate surface area is 234 Å². The lowest BCUT2D eigenvalue weighted by atomic mass is 9.90. The maximum absolute atomic E-state index is 14.0. The molecule has 2 fully saturated rings. The van der Waals surface area contributed by atoms with Crippen LogP contribution in [0, 0.1) is 5.92 Å². The molecule has 10 nitrogen and oxygen atoms in total. The second-order valence-corrected chi connectivity index (χ2v) is 10.3. The van der Waals surface area contributed by atoms with Crippen LogP contribution in [-0.2, 0) is 9.59 Å². The average molecular weight is 552 g/mol. The molecule has 214 valence electrons. The zero-order valence-electron chi connectivity index (χ0n) is 23.3. The minimum atomic E-state index is -1.11. The zero-order valence-corrected chi connectivity index (χ0v) is 23.3. The molecule has 2 heterocycles. The number of aliphatic hydroxyl groups is 1. The molecule has 2 aliphatic heterocycles. The summed E-state index contributed by atoms with van der Waals surface area (Å²) in [7, 11) is 6.13. The van der Waals surface area contributed by atoms with Crippen LogP contribution in [0.1, 0.15) is 43.8 Å². The van der Waals surface area contributed by atoms with E-state index in [1.165, 1.54) is 26.2 Å². The van der Waals surface area contributed by atoms with Crippen molar-refractivity contribution >= 4 is 17.5 Å². The Kier molecular flexibility index (Phi) is 8.18. The Morgan fingerprint density at radius 1 is 0.850 bits per heavy atom. The van der Waals surface area contributed by atoms with Gasteiger partial charge in [0.05, 0.1) is 40.4 Å². The summed E-state index contributed by atoms with van der Waals surface area (Å²) in [4.78, 5) is 29.0. The standard InChI is InChI=1S/C30H37N3O7/c1-37-21-12-10-19(11-13-21)31-33-23(27(34)18-16-24(38-2)28(40-4)25(17-18)39-3)15-14-22-26(33)30(36)32(29(22)35)20-8-6-5-7-9-20/h10-17,20,22-23,26-27,31,34H,5-9H2,1-4H3. The van der Waals surface area contributed by atoms with Gasteiger partial charge < -0.3 is 29.5 Å². The fourth-order valence-electron chi connectivity index (χ4n) is 6.08. The van der Waals surface area contributed by atoms with E-state index in [0.717, 1.165) is 32.1 Å². The number of hydrazine groups is 1. The summed E-state index contributed by atoms with van der Waals surface area (Å²) in [5.74, 6) is 0.829. The SMILES string of the molecule is COc1ccc(NN2C(C(O)c3cc(OC)c(OC)c(OC)c3)C=CC3C(=O)N(C4CCCCC4)C(=O)C32)cc1. The number of benzene rings is 2. The van der Waals surface area contributed by atoms with Crippen LogP contribution in [-0.4, -0.2) is 73.4 Å². The van der Waals surface area contributed by atoms with E-state index in [1.54, 1.807) is 48.5 Å². The molecule has 0 spiro atoms. The molecule has 2 amide bonds. The van der Waals surface area contributed by atoms with Gasteiger partial charge in [0.25, 0.3) is 0 Å². The van der Waals surface area contributed by atoms with Crippen LogP contribution < -0.4 is 24.4 Å². The Morgan fingerprint density at radius 2 is 1.50 bits per heavy atom. The quantitative estimate of drug-likeness (QED) is 0.356. The first-order chi connectivity index (χ1) is 19.4. The van der Waals surface area contributed by atoms with Gasteiger partial charge in [0, 0.05) is 11.7 Å². The lowest BCUT2D eigenvalue weighted by Crippen LogP contribution is -2.56. The van der Waals surface area contributed by atoms with Crippen molar-refractivity contribution in [3.8, 4) is 23.0 Å². The molecule has 1 saturated carbocycles. The molecule has 40 heavy (non-hydrogen) atoms. The smallest absolute Gasteiger partial charge is 0.249 e. The van der Waals surface area contributed by atoms with Crippen molar-refractivity contribution in [1.29, 1.82) is 0 Å². The predicted octanol–water partition coefficient (Wildman–Crippen LogP) is 3.71. The highest BCUT2D eigenvalue weighted by Crippen LogP contribution is 2.43. The number of imide groups is 1. The van der Waals surface area contributed by atoms with E-state index in [0.29, 0.717) is 34.2 Å². The number of nitrogens with zero attached hydrogens (tertiary/aromatic N) is 2. The van der Waals surface area contributed by atoms with Crippen molar-refractivity contribution in [3.05, 3.63) is 54.1 Å². The number of carbonyl (C=O) groups excluding carboxylic acids is 2. The minimum absolute atomic E-state index is 0.0888. The van der Waals surface area contributed by atoms with Gasteiger partial charge in [0.2, 0.25) is 17.6 Å². The van der Waals surface area contributed by atoms with E-state index in [2.05, 4.69) is 5.43 Å². The second-order valence-electron chi connectivity index (χ2n) is 10.3. The molecule has 2 aromatic rings. The lowest BCUT2D eigenvalue weighted by molar-refractivity contribution is -0.143. The number of amides is 2. The Hall–Kier alpha value is -3.76. The first-order valence-corrected chi connectivity index (χ1v) is 13.6. The van der Waals surface area contributed by atoms with Gasteiger partial charge in [-0.05, 0) is 54.8 Å². The normalized spacial score (nSPS) is 24.0. The molecule has 3 aliphatic rings. The third-order valence-electron chi connectivity index (χ3n) is 8.13. The summed E-state index contributed by atoms with van der Waals surface area (Å²) in [6.45, 7) is 0. The number of carbonyl (C=O) groups is 2. The number of anilines is 1. The average Bonchev–Trinajstić information content (AvgIpc) is 3.26. The Morgan fingerprint density at radius 3 is 2.08 bits per heavy atom. The number of fused-ring (bicyclic) bond motifs is 1. The molecule has 0 radical (unpaired) electrons. The summed E-state index contributed by atoms with van der Waals surface area (Å²) in [6, 6.07) is 9.04. The van der Waals surface area contributed by atoms with Gasteiger partial charge in [0.15, 0.2) is 11.5 Å². The summed E-state index contributed by atoms with van der Waals surface area (Å²) in [5.41, 5.74) is 4.53. The molecule has 4 atom stereocenters. The van der Waals surface area contributed by atoms with Crippen LogP contribution in [0.5, 0.6) is 23.0 Å². The van der Waals surface area contributed by atoms with Gasteiger partial charge in [0.1, 0.15) is 17.9 Å². The third-order valence-corrected chi connectivity index (χ3v) is 8.13. The van der Waals surface area contributed by atoms with Gasteiger partial charge in [-0.2, -0.15) is 0 Å².